The summed E-state index contributed by atoms with van der Waals surface area (Å²) in [6.45, 7) is 0. The molecule has 0 spiro atoms. The lowest BCUT2D eigenvalue weighted by Gasteiger charge is -2.59. The van der Waals surface area contributed by atoms with Crippen LogP contribution >= 0.6 is 11.6 Å². The van der Waals surface area contributed by atoms with Crippen molar-refractivity contribution >= 4 is 23.2 Å². The molecule has 22 heavy (non-hydrogen) atoms. The molecule has 1 N–H and O–H groups in total. The molecule has 118 valence electrons. The van der Waals surface area contributed by atoms with Crippen molar-refractivity contribution in [3.05, 3.63) is 29.8 Å². The fraction of sp³-hybridized carbons (Fsp3) is 0.588. The molecule has 2 atom stereocenters. The maximum Gasteiger partial charge on any atom is 0.230 e. The van der Waals surface area contributed by atoms with E-state index in [0.29, 0.717) is 18.3 Å². The van der Waals surface area contributed by atoms with Gasteiger partial charge in [0.25, 0.3) is 0 Å². The molecule has 0 aromatic heterocycles. The molecule has 4 aliphatic rings. The van der Waals surface area contributed by atoms with E-state index in [2.05, 4.69) is 5.32 Å². The number of rotatable bonds is 2. The van der Waals surface area contributed by atoms with Crippen molar-refractivity contribution in [2.75, 3.05) is 5.32 Å². The second-order valence-electron chi connectivity index (χ2n) is 7.47. The summed E-state index contributed by atoms with van der Waals surface area (Å²) >= 11 is 6.71. The highest BCUT2D eigenvalue weighted by atomic mass is 35.5. The fourth-order valence-electron chi connectivity index (χ4n) is 5.26. The zero-order chi connectivity index (χ0) is 15.5. The number of anilines is 1. The molecule has 1 aromatic carbocycles. The Hall–Kier alpha value is -1.16. The number of hydrogen-bond acceptors (Lipinski definition) is 1. The molecule has 4 fully saturated rings. The number of benzene rings is 1. The van der Waals surface area contributed by atoms with E-state index in [1.165, 1.54) is 0 Å². The molecule has 0 radical (unpaired) electrons. The molecule has 1 amide bonds. The summed E-state index contributed by atoms with van der Waals surface area (Å²) in [5.41, 5.74) is -0.589. The van der Waals surface area contributed by atoms with Crippen molar-refractivity contribution in [2.24, 2.45) is 17.3 Å². The normalized spacial score (nSPS) is 39.0. The average Bonchev–Trinajstić information content (AvgIpc) is 2.40. The van der Waals surface area contributed by atoms with Crippen LogP contribution in [0, 0.1) is 28.9 Å². The first-order chi connectivity index (χ1) is 10.4. The van der Waals surface area contributed by atoms with Gasteiger partial charge in [0.15, 0.2) is 0 Å². The van der Waals surface area contributed by atoms with E-state index in [9.17, 15) is 13.6 Å². The van der Waals surface area contributed by atoms with Crippen LogP contribution in [0.5, 0.6) is 0 Å². The number of carbonyl (C=O) groups excluding carboxylic acids is 1. The van der Waals surface area contributed by atoms with Gasteiger partial charge in [0.05, 0.1) is 11.1 Å². The van der Waals surface area contributed by atoms with Crippen molar-refractivity contribution in [1.82, 2.24) is 0 Å². The first-order valence-corrected chi connectivity index (χ1v) is 8.21. The van der Waals surface area contributed by atoms with Gasteiger partial charge < -0.3 is 5.32 Å². The fourth-order valence-corrected chi connectivity index (χ4v) is 5.96. The molecule has 4 aliphatic carbocycles. The number of nitrogens with one attached hydrogen (secondary N) is 1. The van der Waals surface area contributed by atoms with Gasteiger partial charge in [-0.3, -0.25) is 4.79 Å². The van der Waals surface area contributed by atoms with Crippen LogP contribution in [-0.4, -0.2) is 10.8 Å². The van der Waals surface area contributed by atoms with Crippen LogP contribution in [0.4, 0.5) is 14.5 Å². The number of alkyl halides is 1. The molecule has 4 bridgehead atoms. The quantitative estimate of drug-likeness (QED) is 0.798. The van der Waals surface area contributed by atoms with Crippen LogP contribution < -0.4 is 5.32 Å². The summed E-state index contributed by atoms with van der Waals surface area (Å²) in [5.74, 6) is -0.393. The maximum absolute atomic E-state index is 13.8. The van der Waals surface area contributed by atoms with Crippen LogP contribution in [0.1, 0.15) is 38.5 Å². The molecule has 0 saturated heterocycles. The van der Waals surface area contributed by atoms with Gasteiger partial charge in [0, 0.05) is 10.9 Å². The minimum atomic E-state index is -0.611. The third kappa shape index (κ3) is 2.23. The predicted octanol–water partition coefficient (Wildman–Crippen LogP) is 4.48. The van der Waals surface area contributed by atoms with Crippen molar-refractivity contribution in [3.63, 3.8) is 0 Å². The van der Waals surface area contributed by atoms with Gasteiger partial charge in [0.2, 0.25) is 5.91 Å². The van der Waals surface area contributed by atoms with Crippen LogP contribution in [-0.2, 0) is 4.79 Å². The Morgan fingerprint density at radius 2 is 1.86 bits per heavy atom. The van der Waals surface area contributed by atoms with Crippen molar-refractivity contribution in [1.29, 1.82) is 0 Å². The Kier molecular flexibility index (Phi) is 3.06. The van der Waals surface area contributed by atoms with E-state index in [-0.39, 0.29) is 16.5 Å². The van der Waals surface area contributed by atoms with Gasteiger partial charge in [-0.15, -0.1) is 11.6 Å². The summed E-state index contributed by atoms with van der Waals surface area (Å²) in [4.78, 5) is 12.5. The second-order valence-corrected chi connectivity index (χ2v) is 8.27. The molecule has 0 heterocycles. The zero-order valence-corrected chi connectivity index (χ0v) is 12.9. The van der Waals surface area contributed by atoms with Gasteiger partial charge in [-0.05, 0) is 62.5 Å². The van der Waals surface area contributed by atoms with E-state index in [0.717, 1.165) is 50.3 Å². The Labute approximate surface area is 133 Å². The predicted molar refractivity (Wildman–Crippen MR) is 80.7 cm³/mol. The summed E-state index contributed by atoms with van der Waals surface area (Å²) in [5, 5.41) is 2.61. The van der Waals surface area contributed by atoms with Gasteiger partial charge in [-0.25, -0.2) is 8.78 Å². The Balaban J connectivity index is 1.61. The smallest absolute Gasteiger partial charge is 0.230 e. The minimum absolute atomic E-state index is 0.0793. The van der Waals surface area contributed by atoms with Crippen LogP contribution in [0.3, 0.4) is 0 Å². The van der Waals surface area contributed by atoms with Crippen LogP contribution in [0.2, 0.25) is 0 Å². The number of amides is 1. The van der Waals surface area contributed by atoms with E-state index in [4.69, 9.17) is 11.6 Å². The number of hydrogen-bond donors (Lipinski definition) is 1. The maximum atomic E-state index is 13.8. The molecule has 2 unspecified atom stereocenters. The average molecular weight is 326 g/mol. The molecular weight excluding hydrogens is 308 g/mol. The lowest BCUT2D eigenvalue weighted by atomic mass is 9.49. The lowest BCUT2D eigenvalue weighted by Crippen LogP contribution is -2.57. The van der Waals surface area contributed by atoms with Crippen molar-refractivity contribution in [2.45, 2.75) is 43.4 Å². The second kappa shape index (κ2) is 4.67. The summed E-state index contributed by atoms with van der Waals surface area (Å²) in [7, 11) is 0. The first-order valence-electron chi connectivity index (χ1n) is 7.83. The Morgan fingerprint density at radius 3 is 2.50 bits per heavy atom. The van der Waals surface area contributed by atoms with E-state index in [1.54, 1.807) is 0 Å². The molecular formula is C17H18ClF2NO. The van der Waals surface area contributed by atoms with E-state index >= 15 is 0 Å². The highest BCUT2D eigenvalue weighted by Crippen LogP contribution is 2.64. The molecule has 5 heteroatoms. The topological polar surface area (TPSA) is 29.1 Å². The van der Waals surface area contributed by atoms with Gasteiger partial charge in [-0.2, -0.15) is 0 Å². The summed E-state index contributed by atoms with van der Waals surface area (Å²) in [6.07, 6.45) is 5.40. The number of carbonyl (C=O) groups is 1. The standard InChI is InChI=1S/C17H18ClF2NO/c18-17-7-10-3-11(8-17)6-16(5-10,9-17)15(22)21-14-4-12(19)1-2-13(14)20/h1-2,4,10-11H,3,5-9H2,(H,21,22). The largest absolute Gasteiger partial charge is 0.323 e. The van der Waals surface area contributed by atoms with Crippen molar-refractivity contribution < 1.29 is 13.6 Å². The highest BCUT2D eigenvalue weighted by Gasteiger charge is 2.60. The molecule has 2 nitrogen and oxygen atoms in total. The third-order valence-corrected chi connectivity index (χ3v) is 6.09. The Morgan fingerprint density at radius 1 is 1.18 bits per heavy atom. The van der Waals surface area contributed by atoms with E-state index in [1.807, 2.05) is 0 Å². The zero-order valence-electron chi connectivity index (χ0n) is 12.2. The molecule has 1 aromatic rings. The highest BCUT2D eigenvalue weighted by molar-refractivity contribution is 6.24. The minimum Gasteiger partial charge on any atom is -0.323 e. The first kappa shape index (κ1) is 14.4. The monoisotopic (exact) mass is 325 g/mol. The summed E-state index contributed by atoms with van der Waals surface area (Å²) in [6, 6.07) is 3.11. The summed E-state index contributed by atoms with van der Waals surface area (Å²) < 4.78 is 27.1. The van der Waals surface area contributed by atoms with Crippen LogP contribution in [0.25, 0.3) is 0 Å². The molecule has 4 saturated carbocycles. The SMILES string of the molecule is O=C(Nc1cc(F)ccc1F)C12CC3CC(CC(Cl)(C3)C1)C2. The Bertz CT molecular complexity index is 634. The van der Waals surface area contributed by atoms with Crippen molar-refractivity contribution in [3.8, 4) is 0 Å². The molecule has 0 aliphatic heterocycles. The van der Waals surface area contributed by atoms with Gasteiger partial charge in [-0.1, -0.05) is 0 Å². The van der Waals surface area contributed by atoms with Gasteiger partial charge >= 0.3 is 0 Å². The van der Waals surface area contributed by atoms with E-state index < -0.39 is 17.0 Å². The van der Waals surface area contributed by atoms with Gasteiger partial charge in [0.1, 0.15) is 11.6 Å². The molecule has 5 rings (SSSR count). The third-order valence-electron chi connectivity index (χ3n) is 5.65. The lowest BCUT2D eigenvalue weighted by molar-refractivity contribution is -0.138. The van der Waals surface area contributed by atoms with Crippen LogP contribution in [0.15, 0.2) is 18.2 Å². The number of halogens is 3.